The Bertz CT molecular complexity index is 267. The second-order valence-corrected chi connectivity index (χ2v) is 5.28. The van der Waals surface area contributed by atoms with Crippen LogP contribution in [0.3, 0.4) is 0 Å². The third-order valence-corrected chi connectivity index (χ3v) is 4.22. The Kier molecular flexibility index (Phi) is 5.70. The van der Waals surface area contributed by atoms with Gasteiger partial charge < -0.3 is 0 Å². The summed E-state index contributed by atoms with van der Waals surface area (Å²) in [4.78, 5) is 0. The molecule has 0 spiro atoms. The van der Waals surface area contributed by atoms with Gasteiger partial charge in [-0.3, -0.25) is 13.6 Å². The van der Waals surface area contributed by atoms with Crippen LogP contribution in [0.4, 0.5) is 0 Å². The molecule has 5 heteroatoms. The molecule has 1 aliphatic carbocycles. The molecule has 0 bridgehead atoms. The van der Waals surface area contributed by atoms with Crippen LogP contribution in [-0.4, -0.2) is 19.3 Å². The molecule has 0 saturated carbocycles. The van der Waals surface area contributed by atoms with E-state index in [2.05, 4.69) is 19.1 Å². The van der Waals surface area contributed by atoms with E-state index < -0.39 is 7.82 Å². The molecule has 4 nitrogen and oxygen atoms in total. The van der Waals surface area contributed by atoms with Crippen molar-refractivity contribution in [3.63, 3.8) is 0 Å². The van der Waals surface area contributed by atoms with Crippen LogP contribution in [0, 0.1) is 5.92 Å². The highest BCUT2D eigenvalue weighted by Gasteiger charge is 2.33. The second-order valence-electron chi connectivity index (χ2n) is 3.66. The van der Waals surface area contributed by atoms with Gasteiger partial charge in [0.05, 0.1) is 19.3 Å². The van der Waals surface area contributed by atoms with Gasteiger partial charge in [0.1, 0.15) is 0 Å². The van der Waals surface area contributed by atoms with Crippen LogP contribution in [-0.2, 0) is 18.1 Å². The summed E-state index contributed by atoms with van der Waals surface area (Å²) in [6, 6.07) is 0. The Labute approximate surface area is 97.6 Å². The maximum atomic E-state index is 12.1. The van der Waals surface area contributed by atoms with Crippen molar-refractivity contribution in [2.45, 2.75) is 39.7 Å². The lowest BCUT2D eigenvalue weighted by Crippen LogP contribution is -2.18. The molecule has 0 amide bonds. The van der Waals surface area contributed by atoms with E-state index in [1.165, 1.54) is 0 Å². The lowest BCUT2D eigenvalue weighted by molar-refractivity contribution is 0.0702. The molecular formula is C11H21O4P. The predicted octanol–water partition coefficient (Wildman–Crippen LogP) is 3.54. The second kappa shape index (κ2) is 6.55. The van der Waals surface area contributed by atoms with Crippen LogP contribution < -0.4 is 0 Å². The van der Waals surface area contributed by atoms with E-state index in [0.717, 1.165) is 12.8 Å². The first kappa shape index (κ1) is 13.9. The monoisotopic (exact) mass is 248 g/mol. The highest BCUT2D eigenvalue weighted by atomic mass is 31.2. The molecule has 0 aromatic rings. The summed E-state index contributed by atoms with van der Waals surface area (Å²) in [5, 5.41) is 0. The third-order valence-electron chi connectivity index (χ3n) is 2.54. The minimum absolute atomic E-state index is 0.0751. The van der Waals surface area contributed by atoms with Crippen molar-refractivity contribution in [3.8, 4) is 0 Å². The topological polar surface area (TPSA) is 44.8 Å². The number of phosphoric acid groups is 1. The van der Waals surface area contributed by atoms with Gasteiger partial charge in [-0.05, 0) is 26.7 Å². The maximum Gasteiger partial charge on any atom is 0.475 e. The maximum absolute atomic E-state index is 12.1. The molecule has 0 saturated heterocycles. The summed E-state index contributed by atoms with van der Waals surface area (Å²) in [5.74, 6) is 0.314. The van der Waals surface area contributed by atoms with E-state index >= 15 is 0 Å². The lowest BCUT2D eigenvalue weighted by Gasteiger charge is -2.23. The van der Waals surface area contributed by atoms with Gasteiger partial charge in [-0.1, -0.05) is 19.1 Å². The number of rotatable bonds is 7. The van der Waals surface area contributed by atoms with Gasteiger partial charge in [0.15, 0.2) is 0 Å². The van der Waals surface area contributed by atoms with Crippen LogP contribution in [0.2, 0.25) is 0 Å². The molecule has 0 aromatic carbocycles. The molecule has 94 valence electrons. The standard InChI is InChI=1S/C11H21O4P/c1-4-10-8-7-9-11(10)15-16(12,13-5-2)14-6-3/h7-8,10-11H,4-6,9H2,1-3H3/t10-,11-/m0/s1. The zero-order valence-corrected chi connectivity index (χ0v) is 11.1. The Hall–Kier alpha value is -0.150. The van der Waals surface area contributed by atoms with Crippen molar-refractivity contribution in [2.75, 3.05) is 13.2 Å². The van der Waals surface area contributed by atoms with Crippen molar-refractivity contribution in [1.29, 1.82) is 0 Å². The van der Waals surface area contributed by atoms with E-state index in [0.29, 0.717) is 19.1 Å². The molecule has 2 atom stereocenters. The highest BCUT2D eigenvalue weighted by molar-refractivity contribution is 7.48. The highest BCUT2D eigenvalue weighted by Crippen LogP contribution is 2.52. The number of hydrogen-bond donors (Lipinski definition) is 0. The molecule has 16 heavy (non-hydrogen) atoms. The summed E-state index contributed by atoms with van der Waals surface area (Å²) in [6.07, 6.45) is 5.84. The summed E-state index contributed by atoms with van der Waals surface area (Å²) in [6.45, 7) is 6.30. The van der Waals surface area contributed by atoms with E-state index in [1.807, 2.05) is 0 Å². The Morgan fingerprint density at radius 1 is 1.25 bits per heavy atom. The smallest absolute Gasteiger partial charge is 0.287 e. The van der Waals surface area contributed by atoms with E-state index in [4.69, 9.17) is 13.6 Å². The SMILES string of the molecule is CCOP(=O)(OCC)O[C@H]1CC=C[C@@H]1CC. The minimum atomic E-state index is -3.36. The van der Waals surface area contributed by atoms with Gasteiger partial charge >= 0.3 is 7.82 Å². The third kappa shape index (κ3) is 3.70. The molecule has 0 N–H and O–H groups in total. The summed E-state index contributed by atoms with van der Waals surface area (Å²) >= 11 is 0. The average molecular weight is 248 g/mol. The van der Waals surface area contributed by atoms with Gasteiger partial charge in [0, 0.05) is 5.92 Å². The molecule has 0 unspecified atom stereocenters. The number of phosphoric ester groups is 1. The van der Waals surface area contributed by atoms with Crippen LogP contribution in [0.15, 0.2) is 12.2 Å². The molecule has 0 aromatic heterocycles. The van der Waals surface area contributed by atoms with Crippen molar-refractivity contribution in [3.05, 3.63) is 12.2 Å². The minimum Gasteiger partial charge on any atom is -0.287 e. The van der Waals surface area contributed by atoms with Crippen LogP contribution in [0.5, 0.6) is 0 Å². The summed E-state index contributed by atoms with van der Waals surface area (Å²) in [7, 11) is -3.36. The first-order valence-electron chi connectivity index (χ1n) is 5.89. The van der Waals surface area contributed by atoms with Crippen molar-refractivity contribution in [2.24, 2.45) is 5.92 Å². The van der Waals surface area contributed by atoms with Crippen molar-refractivity contribution >= 4 is 7.82 Å². The van der Waals surface area contributed by atoms with Crippen LogP contribution in [0.1, 0.15) is 33.6 Å². The largest absolute Gasteiger partial charge is 0.475 e. The van der Waals surface area contributed by atoms with Crippen LogP contribution in [0.25, 0.3) is 0 Å². The van der Waals surface area contributed by atoms with Gasteiger partial charge in [0.2, 0.25) is 0 Å². The molecule has 0 radical (unpaired) electrons. The average Bonchev–Trinajstić information content (AvgIpc) is 2.65. The summed E-state index contributed by atoms with van der Waals surface area (Å²) < 4.78 is 27.9. The fraction of sp³-hybridized carbons (Fsp3) is 0.818. The molecule has 1 rings (SSSR count). The van der Waals surface area contributed by atoms with E-state index in [-0.39, 0.29) is 6.10 Å². The van der Waals surface area contributed by atoms with Crippen LogP contribution >= 0.6 is 7.82 Å². The molecule has 1 aliphatic rings. The van der Waals surface area contributed by atoms with E-state index in [1.54, 1.807) is 13.8 Å². The molecule has 0 fully saturated rings. The fourth-order valence-corrected chi connectivity index (χ4v) is 3.19. The Morgan fingerprint density at radius 2 is 1.88 bits per heavy atom. The van der Waals surface area contributed by atoms with E-state index in [9.17, 15) is 4.57 Å². The van der Waals surface area contributed by atoms with Gasteiger partial charge in [-0.25, -0.2) is 4.57 Å². The van der Waals surface area contributed by atoms with Gasteiger partial charge in [0.25, 0.3) is 0 Å². The zero-order valence-electron chi connectivity index (χ0n) is 10.2. The molecule has 0 heterocycles. The van der Waals surface area contributed by atoms with Gasteiger partial charge in [-0.2, -0.15) is 0 Å². The molecular weight excluding hydrogens is 227 g/mol. The zero-order chi connectivity index (χ0) is 12.0. The molecule has 0 aliphatic heterocycles. The normalized spacial score (nSPS) is 25.2. The first-order chi connectivity index (χ1) is 7.65. The Balaban J connectivity index is 2.58. The van der Waals surface area contributed by atoms with Crippen molar-refractivity contribution in [1.82, 2.24) is 0 Å². The van der Waals surface area contributed by atoms with Crippen molar-refractivity contribution < 1.29 is 18.1 Å². The Morgan fingerprint density at radius 3 is 2.38 bits per heavy atom. The first-order valence-corrected chi connectivity index (χ1v) is 7.35. The lowest BCUT2D eigenvalue weighted by atomic mass is 10.0. The summed E-state index contributed by atoms with van der Waals surface area (Å²) in [5.41, 5.74) is 0. The quantitative estimate of drug-likeness (QED) is 0.510. The predicted molar refractivity (Wildman–Crippen MR) is 63.3 cm³/mol. The number of hydrogen-bond acceptors (Lipinski definition) is 4. The fourth-order valence-electron chi connectivity index (χ4n) is 1.79. The van der Waals surface area contributed by atoms with Gasteiger partial charge in [-0.15, -0.1) is 0 Å².